The van der Waals surface area contributed by atoms with Crippen molar-refractivity contribution in [3.8, 4) is 0 Å². The summed E-state index contributed by atoms with van der Waals surface area (Å²) >= 11 is 0. The number of aliphatic carboxylic acids is 1. The number of hydrogen-bond acceptors (Lipinski definition) is 4. The molecule has 7 nitrogen and oxygen atoms in total. The van der Waals surface area contributed by atoms with Crippen molar-refractivity contribution in [2.45, 2.75) is 19.8 Å². The molecule has 0 aromatic carbocycles. The standard InChI is InChI=1S/C12H21N3O4/c1-9(16)13-4-5-14-11(17)8-15-6-2-10(3-7-15)12(18)19/h10H,2-8H2,1H3,(H,13,16)(H,14,17)(H,18,19). The molecule has 0 saturated carbocycles. The molecule has 0 bridgehead atoms. The van der Waals surface area contributed by atoms with Crippen LogP contribution in [0.4, 0.5) is 0 Å². The number of nitrogens with one attached hydrogen (secondary N) is 2. The fourth-order valence-corrected chi connectivity index (χ4v) is 2.04. The van der Waals surface area contributed by atoms with Crippen molar-refractivity contribution < 1.29 is 19.5 Å². The molecule has 1 aliphatic heterocycles. The molecule has 2 amide bonds. The zero-order valence-corrected chi connectivity index (χ0v) is 11.1. The summed E-state index contributed by atoms with van der Waals surface area (Å²) in [5.41, 5.74) is 0. The third-order valence-corrected chi connectivity index (χ3v) is 3.13. The van der Waals surface area contributed by atoms with Crippen LogP contribution in [0.1, 0.15) is 19.8 Å². The molecule has 1 heterocycles. The number of hydrogen-bond donors (Lipinski definition) is 3. The third-order valence-electron chi connectivity index (χ3n) is 3.13. The molecule has 1 fully saturated rings. The summed E-state index contributed by atoms with van der Waals surface area (Å²) in [5, 5.41) is 14.2. The lowest BCUT2D eigenvalue weighted by atomic mass is 9.97. The molecule has 1 aliphatic rings. The van der Waals surface area contributed by atoms with Gasteiger partial charge in [-0.2, -0.15) is 0 Å². The third kappa shape index (κ3) is 6.19. The molecule has 19 heavy (non-hydrogen) atoms. The Balaban J connectivity index is 2.13. The van der Waals surface area contributed by atoms with E-state index in [0.29, 0.717) is 39.0 Å². The van der Waals surface area contributed by atoms with Crippen molar-refractivity contribution in [1.82, 2.24) is 15.5 Å². The van der Waals surface area contributed by atoms with Gasteiger partial charge in [0.05, 0.1) is 12.5 Å². The van der Waals surface area contributed by atoms with Crippen LogP contribution in [0.2, 0.25) is 0 Å². The molecule has 0 radical (unpaired) electrons. The monoisotopic (exact) mass is 271 g/mol. The van der Waals surface area contributed by atoms with Gasteiger partial charge < -0.3 is 15.7 Å². The molecular formula is C12H21N3O4. The highest BCUT2D eigenvalue weighted by Crippen LogP contribution is 2.16. The van der Waals surface area contributed by atoms with Gasteiger partial charge in [-0.25, -0.2) is 0 Å². The second kappa shape index (κ2) is 7.73. The molecule has 1 saturated heterocycles. The summed E-state index contributed by atoms with van der Waals surface area (Å²) in [4.78, 5) is 34.9. The van der Waals surface area contributed by atoms with Crippen LogP contribution in [0.25, 0.3) is 0 Å². The predicted molar refractivity (Wildman–Crippen MR) is 68.5 cm³/mol. The van der Waals surface area contributed by atoms with Crippen LogP contribution in [0, 0.1) is 5.92 Å². The first-order valence-electron chi connectivity index (χ1n) is 6.45. The summed E-state index contributed by atoms with van der Waals surface area (Å²) in [5.74, 6) is -1.25. The molecule has 0 atom stereocenters. The van der Waals surface area contributed by atoms with Crippen LogP contribution in [0.5, 0.6) is 0 Å². The number of nitrogens with zero attached hydrogens (tertiary/aromatic N) is 1. The molecule has 3 N–H and O–H groups in total. The smallest absolute Gasteiger partial charge is 0.306 e. The van der Waals surface area contributed by atoms with Crippen molar-refractivity contribution in [2.24, 2.45) is 5.92 Å². The minimum atomic E-state index is -0.751. The molecule has 0 unspecified atom stereocenters. The van der Waals surface area contributed by atoms with E-state index in [9.17, 15) is 14.4 Å². The van der Waals surface area contributed by atoms with Gasteiger partial charge in [0.25, 0.3) is 0 Å². The number of carbonyl (C=O) groups is 3. The Morgan fingerprint density at radius 3 is 2.26 bits per heavy atom. The van der Waals surface area contributed by atoms with E-state index in [-0.39, 0.29) is 24.3 Å². The molecule has 108 valence electrons. The first-order chi connectivity index (χ1) is 8.99. The van der Waals surface area contributed by atoms with Crippen molar-refractivity contribution in [1.29, 1.82) is 0 Å². The second-order valence-electron chi connectivity index (χ2n) is 4.72. The van der Waals surface area contributed by atoms with Crippen LogP contribution in [-0.2, 0) is 14.4 Å². The maximum absolute atomic E-state index is 11.6. The number of rotatable bonds is 6. The highest BCUT2D eigenvalue weighted by molar-refractivity contribution is 5.78. The van der Waals surface area contributed by atoms with Crippen LogP contribution in [-0.4, -0.2) is 60.5 Å². The molecule has 0 spiro atoms. The average Bonchev–Trinajstić information content (AvgIpc) is 2.35. The summed E-state index contributed by atoms with van der Waals surface area (Å²) < 4.78 is 0. The van der Waals surface area contributed by atoms with E-state index >= 15 is 0 Å². The molecule has 0 aliphatic carbocycles. The van der Waals surface area contributed by atoms with E-state index < -0.39 is 5.97 Å². The van der Waals surface area contributed by atoms with E-state index in [4.69, 9.17) is 5.11 Å². The zero-order chi connectivity index (χ0) is 14.3. The zero-order valence-electron chi connectivity index (χ0n) is 11.1. The Labute approximate surface area is 112 Å². The quantitative estimate of drug-likeness (QED) is 0.540. The van der Waals surface area contributed by atoms with Crippen molar-refractivity contribution >= 4 is 17.8 Å². The number of amides is 2. The van der Waals surface area contributed by atoms with Crippen molar-refractivity contribution in [3.63, 3.8) is 0 Å². The second-order valence-corrected chi connectivity index (χ2v) is 4.72. The summed E-state index contributed by atoms with van der Waals surface area (Å²) in [6.45, 7) is 3.80. The molecular weight excluding hydrogens is 250 g/mol. The fraction of sp³-hybridized carbons (Fsp3) is 0.750. The predicted octanol–water partition coefficient (Wildman–Crippen LogP) is -0.965. The van der Waals surface area contributed by atoms with Gasteiger partial charge in [-0.3, -0.25) is 19.3 Å². The van der Waals surface area contributed by atoms with Gasteiger partial charge in [-0.05, 0) is 25.9 Å². The Morgan fingerprint density at radius 2 is 1.74 bits per heavy atom. The Kier molecular flexibility index (Phi) is 6.27. The molecule has 0 aromatic heterocycles. The molecule has 7 heteroatoms. The minimum absolute atomic E-state index is 0.0980. The van der Waals surface area contributed by atoms with E-state index in [1.54, 1.807) is 0 Å². The van der Waals surface area contributed by atoms with Gasteiger partial charge in [-0.15, -0.1) is 0 Å². The lowest BCUT2D eigenvalue weighted by Crippen LogP contribution is -2.44. The Hall–Kier alpha value is -1.63. The summed E-state index contributed by atoms with van der Waals surface area (Å²) in [6.07, 6.45) is 1.18. The van der Waals surface area contributed by atoms with Gasteiger partial charge in [-0.1, -0.05) is 0 Å². The maximum Gasteiger partial charge on any atom is 0.306 e. The van der Waals surface area contributed by atoms with Crippen LogP contribution in [0.3, 0.4) is 0 Å². The van der Waals surface area contributed by atoms with E-state index in [2.05, 4.69) is 10.6 Å². The highest BCUT2D eigenvalue weighted by Gasteiger charge is 2.25. The van der Waals surface area contributed by atoms with Gasteiger partial charge >= 0.3 is 5.97 Å². The fourth-order valence-electron chi connectivity index (χ4n) is 2.04. The number of carbonyl (C=O) groups excluding carboxylic acids is 2. The van der Waals surface area contributed by atoms with Crippen LogP contribution >= 0.6 is 0 Å². The summed E-state index contributed by atoms with van der Waals surface area (Å²) in [6, 6.07) is 0. The Morgan fingerprint density at radius 1 is 1.16 bits per heavy atom. The number of likely N-dealkylation sites (tertiary alicyclic amines) is 1. The average molecular weight is 271 g/mol. The number of piperidine rings is 1. The van der Waals surface area contributed by atoms with Gasteiger partial charge in [0.15, 0.2) is 0 Å². The number of carboxylic acids is 1. The van der Waals surface area contributed by atoms with Crippen LogP contribution < -0.4 is 10.6 Å². The normalized spacial score (nSPS) is 16.9. The Bertz CT molecular complexity index is 338. The minimum Gasteiger partial charge on any atom is -0.481 e. The van der Waals surface area contributed by atoms with E-state index in [1.807, 2.05) is 4.90 Å². The highest BCUT2D eigenvalue weighted by atomic mass is 16.4. The van der Waals surface area contributed by atoms with Gasteiger partial charge in [0, 0.05) is 20.0 Å². The maximum atomic E-state index is 11.6. The van der Waals surface area contributed by atoms with Gasteiger partial charge in [0.1, 0.15) is 0 Å². The van der Waals surface area contributed by atoms with Crippen molar-refractivity contribution in [3.05, 3.63) is 0 Å². The van der Waals surface area contributed by atoms with Crippen molar-refractivity contribution in [2.75, 3.05) is 32.7 Å². The molecule has 1 rings (SSSR count). The van der Waals surface area contributed by atoms with Crippen LogP contribution in [0.15, 0.2) is 0 Å². The first-order valence-corrected chi connectivity index (χ1v) is 6.45. The van der Waals surface area contributed by atoms with E-state index in [1.165, 1.54) is 6.92 Å². The SMILES string of the molecule is CC(=O)NCCNC(=O)CN1CCC(C(=O)O)CC1. The largest absolute Gasteiger partial charge is 0.481 e. The number of carboxylic acid groups (broad SMARTS) is 1. The van der Waals surface area contributed by atoms with E-state index in [0.717, 1.165) is 0 Å². The lowest BCUT2D eigenvalue weighted by molar-refractivity contribution is -0.143. The lowest BCUT2D eigenvalue weighted by Gasteiger charge is -2.29. The topological polar surface area (TPSA) is 98.7 Å². The summed E-state index contributed by atoms with van der Waals surface area (Å²) in [7, 11) is 0. The van der Waals surface area contributed by atoms with Gasteiger partial charge in [0.2, 0.25) is 11.8 Å². The first kappa shape index (κ1) is 15.4. The molecule has 0 aromatic rings.